The third kappa shape index (κ3) is 4.40. The second-order valence-electron chi connectivity index (χ2n) is 4.23. The first kappa shape index (κ1) is 13.4. The molecule has 0 unspecified atom stereocenters. The number of aromatic nitrogens is 1. The van der Waals surface area contributed by atoms with Crippen molar-refractivity contribution >= 4 is 5.97 Å². The lowest BCUT2D eigenvalue weighted by atomic mass is 10.1. The number of ether oxygens (including phenoxy) is 2. The van der Waals surface area contributed by atoms with Gasteiger partial charge < -0.3 is 14.6 Å². The second kappa shape index (κ2) is 5.63. The number of rotatable bonds is 6. The highest BCUT2D eigenvalue weighted by Gasteiger charge is 2.16. The molecule has 0 atom stereocenters. The fourth-order valence-electron chi connectivity index (χ4n) is 1.12. The lowest BCUT2D eigenvalue weighted by Crippen LogP contribution is -2.25. The maximum atomic E-state index is 10.7. The summed E-state index contributed by atoms with van der Waals surface area (Å²) in [5.74, 6) is -0.746. The molecule has 1 N–H and O–H groups in total. The maximum absolute atomic E-state index is 10.7. The van der Waals surface area contributed by atoms with Crippen LogP contribution in [-0.4, -0.2) is 35.4 Å². The van der Waals surface area contributed by atoms with E-state index in [2.05, 4.69) is 4.98 Å². The largest absolute Gasteiger partial charge is 0.478 e. The van der Waals surface area contributed by atoms with Gasteiger partial charge >= 0.3 is 5.97 Å². The van der Waals surface area contributed by atoms with Crippen molar-refractivity contribution < 1.29 is 19.4 Å². The number of pyridine rings is 1. The normalized spacial score (nSPS) is 11.2. The zero-order valence-electron chi connectivity index (χ0n) is 10.3. The standard InChI is InChI=1S/C12H17NO4/c1-12(2,16-3)7-8-17-10-6-4-5-9(13-10)11(14)15/h4-6H,7-8H2,1-3H3,(H,14,15). The molecule has 0 amide bonds. The van der Waals surface area contributed by atoms with Gasteiger partial charge in [-0.1, -0.05) is 6.07 Å². The van der Waals surface area contributed by atoms with Crippen LogP contribution in [0.15, 0.2) is 18.2 Å². The van der Waals surface area contributed by atoms with Gasteiger partial charge in [0, 0.05) is 19.6 Å². The van der Waals surface area contributed by atoms with Gasteiger partial charge in [0.15, 0.2) is 5.69 Å². The molecular weight excluding hydrogens is 222 g/mol. The van der Waals surface area contributed by atoms with Crippen molar-refractivity contribution in [2.45, 2.75) is 25.9 Å². The average molecular weight is 239 g/mol. The molecule has 0 spiro atoms. The van der Waals surface area contributed by atoms with Crippen LogP contribution in [0.25, 0.3) is 0 Å². The lowest BCUT2D eigenvalue weighted by molar-refractivity contribution is 0.00503. The number of aromatic carboxylic acids is 1. The van der Waals surface area contributed by atoms with E-state index < -0.39 is 5.97 Å². The predicted molar refractivity (Wildman–Crippen MR) is 62.4 cm³/mol. The Balaban J connectivity index is 2.52. The van der Waals surface area contributed by atoms with Crippen LogP contribution in [0.3, 0.4) is 0 Å². The van der Waals surface area contributed by atoms with Gasteiger partial charge in [-0.15, -0.1) is 0 Å². The molecule has 0 saturated heterocycles. The summed E-state index contributed by atoms with van der Waals surface area (Å²) in [5.41, 5.74) is -0.279. The number of hydrogen-bond donors (Lipinski definition) is 1. The number of carboxylic acids is 1. The molecular formula is C12H17NO4. The van der Waals surface area contributed by atoms with Crippen molar-refractivity contribution in [2.75, 3.05) is 13.7 Å². The quantitative estimate of drug-likeness (QED) is 0.822. The minimum absolute atomic E-state index is 0.0199. The molecule has 94 valence electrons. The third-order valence-corrected chi connectivity index (χ3v) is 2.45. The molecule has 0 bridgehead atoms. The summed E-state index contributed by atoms with van der Waals surface area (Å²) in [6, 6.07) is 4.66. The fourth-order valence-corrected chi connectivity index (χ4v) is 1.12. The molecule has 5 heteroatoms. The van der Waals surface area contributed by atoms with Crippen molar-refractivity contribution in [3.63, 3.8) is 0 Å². The number of carbonyl (C=O) groups is 1. The van der Waals surface area contributed by atoms with Crippen LogP contribution in [-0.2, 0) is 4.74 Å². The fraction of sp³-hybridized carbons (Fsp3) is 0.500. The molecule has 0 aliphatic carbocycles. The topological polar surface area (TPSA) is 68.7 Å². The van der Waals surface area contributed by atoms with E-state index in [9.17, 15) is 4.79 Å². The monoisotopic (exact) mass is 239 g/mol. The Kier molecular flexibility index (Phi) is 4.45. The SMILES string of the molecule is COC(C)(C)CCOc1cccc(C(=O)O)n1. The predicted octanol–water partition coefficient (Wildman–Crippen LogP) is 1.97. The van der Waals surface area contributed by atoms with Gasteiger partial charge in [-0.3, -0.25) is 0 Å². The summed E-state index contributed by atoms with van der Waals surface area (Å²) in [5, 5.41) is 8.76. The van der Waals surface area contributed by atoms with Crippen LogP contribution in [0.1, 0.15) is 30.8 Å². The summed E-state index contributed by atoms with van der Waals surface area (Å²) in [6.45, 7) is 4.34. The Morgan fingerprint density at radius 2 is 2.18 bits per heavy atom. The van der Waals surface area contributed by atoms with E-state index >= 15 is 0 Å². The molecule has 5 nitrogen and oxygen atoms in total. The minimum Gasteiger partial charge on any atom is -0.478 e. The third-order valence-electron chi connectivity index (χ3n) is 2.45. The Labute approximate surface area is 100 Å². The number of carboxylic acid groups (broad SMARTS) is 1. The van der Waals surface area contributed by atoms with E-state index in [4.69, 9.17) is 14.6 Å². The summed E-state index contributed by atoms with van der Waals surface area (Å²) in [6.07, 6.45) is 0.697. The summed E-state index contributed by atoms with van der Waals surface area (Å²) in [4.78, 5) is 14.5. The van der Waals surface area contributed by atoms with Crippen LogP contribution in [0.2, 0.25) is 0 Å². The van der Waals surface area contributed by atoms with Gasteiger partial charge in [0.05, 0.1) is 12.2 Å². The summed E-state index contributed by atoms with van der Waals surface area (Å²) < 4.78 is 10.6. The minimum atomic E-state index is -1.06. The molecule has 0 aliphatic heterocycles. The van der Waals surface area contributed by atoms with Crippen molar-refractivity contribution in [1.82, 2.24) is 4.98 Å². The second-order valence-corrected chi connectivity index (χ2v) is 4.23. The number of methoxy groups -OCH3 is 1. The molecule has 17 heavy (non-hydrogen) atoms. The average Bonchev–Trinajstić information content (AvgIpc) is 2.29. The van der Waals surface area contributed by atoms with Crippen LogP contribution in [0.5, 0.6) is 5.88 Å². The number of nitrogens with zero attached hydrogens (tertiary/aromatic N) is 1. The first-order valence-corrected chi connectivity index (χ1v) is 5.33. The van der Waals surface area contributed by atoms with Crippen molar-refractivity contribution in [2.24, 2.45) is 0 Å². The van der Waals surface area contributed by atoms with Crippen LogP contribution >= 0.6 is 0 Å². The smallest absolute Gasteiger partial charge is 0.354 e. The van der Waals surface area contributed by atoms with E-state index in [-0.39, 0.29) is 11.3 Å². The summed E-state index contributed by atoms with van der Waals surface area (Å²) >= 11 is 0. The van der Waals surface area contributed by atoms with Crippen molar-refractivity contribution in [3.05, 3.63) is 23.9 Å². The Bertz CT molecular complexity index is 390. The first-order valence-electron chi connectivity index (χ1n) is 5.33. The zero-order valence-corrected chi connectivity index (χ0v) is 10.3. The zero-order chi connectivity index (χ0) is 12.9. The van der Waals surface area contributed by atoms with Gasteiger partial charge in [-0.25, -0.2) is 9.78 Å². The van der Waals surface area contributed by atoms with E-state index in [0.717, 1.165) is 0 Å². The Hall–Kier alpha value is -1.62. The van der Waals surface area contributed by atoms with Crippen LogP contribution < -0.4 is 4.74 Å². The van der Waals surface area contributed by atoms with E-state index in [0.29, 0.717) is 18.9 Å². The first-order chi connectivity index (χ1) is 7.94. The van der Waals surface area contributed by atoms with Crippen molar-refractivity contribution in [3.8, 4) is 5.88 Å². The maximum Gasteiger partial charge on any atom is 0.354 e. The highest BCUT2D eigenvalue weighted by atomic mass is 16.5. The van der Waals surface area contributed by atoms with Gasteiger partial charge in [0.1, 0.15) is 0 Å². The number of hydrogen-bond acceptors (Lipinski definition) is 4. The van der Waals surface area contributed by atoms with E-state index in [1.807, 2.05) is 13.8 Å². The van der Waals surface area contributed by atoms with Gasteiger partial charge in [0.25, 0.3) is 0 Å². The molecule has 0 fully saturated rings. The molecule has 1 rings (SSSR count). The Morgan fingerprint density at radius 3 is 2.76 bits per heavy atom. The van der Waals surface area contributed by atoms with Gasteiger partial charge in [-0.05, 0) is 19.9 Å². The molecule has 1 aromatic rings. The van der Waals surface area contributed by atoms with Crippen LogP contribution in [0, 0.1) is 0 Å². The highest BCUT2D eigenvalue weighted by Crippen LogP contribution is 2.14. The molecule has 1 heterocycles. The summed E-state index contributed by atoms with van der Waals surface area (Å²) in [7, 11) is 1.64. The molecule has 1 aromatic heterocycles. The van der Waals surface area contributed by atoms with Crippen LogP contribution in [0.4, 0.5) is 0 Å². The molecule has 0 aliphatic rings. The molecule has 0 radical (unpaired) electrons. The van der Waals surface area contributed by atoms with E-state index in [1.54, 1.807) is 19.2 Å². The molecule has 0 saturated carbocycles. The highest BCUT2D eigenvalue weighted by molar-refractivity contribution is 5.85. The lowest BCUT2D eigenvalue weighted by Gasteiger charge is -2.22. The van der Waals surface area contributed by atoms with Gasteiger partial charge in [-0.2, -0.15) is 0 Å². The van der Waals surface area contributed by atoms with E-state index in [1.165, 1.54) is 6.07 Å². The molecule has 0 aromatic carbocycles. The Morgan fingerprint density at radius 1 is 1.47 bits per heavy atom. The van der Waals surface area contributed by atoms with Gasteiger partial charge in [0.2, 0.25) is 5.88 Å². The van der Waals surface area contributed by atoms with Crippen molar-refractivity contribution in [1.29, 1.82) is 0 Å².